The highest BCUT2D eigenvalue weighted by Crippen LogP contribution is 2.20. The number of nitrogens with one attached hydrogen (secondary N) is 6. The highest BCUT2D eigenvalue weighted by atomic mass is 16.2. The zero-order chi connectivity index (χ0) is 29.2. The normalized spacial score (nSPS) is 11.3. The number of fused-ring (bicyclic) bond motifs is 2. The van der Waals surface area contributed by atoms with E-state index in [4.69, 9.17) is 0 Å². The molecule has 0 saturated heterocycles. The summed E-state index contributed by atoms with van der Waals surface area (Å²) in [5, 5.41) is 15.5. The Labute approximate surface area is 249 Å². The maximum absolute atomic E-state index is 12.1. The maximum Gasteiger partial charge on any atom is 0.220 e. The standard InChI is InChI=1S/C34H48N6O2/c41-33(17-7-11-27-25-39-31-15-3-1-13-29(27)31)37-23-9-21-35-19-5-6-20-36-22-10-24-38-34(42)18-8-12-28-26-40-32-16-4-2-14-30(28)32/h1-4,13-16,25-26,35-36,39-40H,5-12,17-24H2,(H,37,41)(H,38,42). The minimum absolute atomic E-state index is 0.141. The van der Waals surface area contributed by atoms with E-state index in [2.05, 4.69) is 80.0 Å². The van der Waals surface area contributed by atoms with Crippen LogP contribution in [0.5, 0.6) is 0 Å². The van der Waals surface area contributed by atoms with E-state index >= 15 is 0 Å². The summed E-state index contributed by atoms with van der Waals surface area (Å²) in [5.74, 6) is 0.281. The van der Waals surface area contributed by atoms with Gasteiger partial charge in [0.05, 0.1) is 0 Å². The summed E-state index contributed by atoms with van der Waals surface area (Å²) in [6.07, 6.45) is 12.9. The van der Waals surface area contributed by atoms with E-state index in [1.54, 1.807) is 0 Å². The number of rotatable bonds is 21. The van der Waals surface area contributed by atoms with Gasteiger partial charge >= 0.3 is 0 Å². The van der Waals surface area contributed by atoms with Crippen molar-refractivity contribution in [1.82, 2.24) is 31.2 Å². The van der Waals surface area contributed by atoms with Gasteiger partial charge in [-0.25, -0.2) is 0 Å². The Bertz CT molecular complexity index is 1260. The van der Waals surface area contributed by atoms with Gasteiger partial charge in [-0.2, -0.15) is 0 Å². The molecule has 0 bridgehead atoms. The van der Waals surface area contributed by atoms with Gasteiger partial charge in [0, 0.05) is 60.1 Å². The molecule has 0 unspecified atom stereocenters. The maximum atomic E-state index is 12.1. The minimum Gasteiger partial charge on any atom is -0.361 e. The van der Waals surface area contributed by atoms with E-state index in [-0.39, 0.29) is 11.8 Å². The summed E-state index contributed by atoms with van der Waals surface area (Å²) < 4.78 is 0. The summed E-state index contributed by atoms with van der Waals surface area (Å²) in [4.78, 5) is 30.8. The number of carbonyl (C=O) groups excluding carboxylic acids is 2. The second-order valence-corrected chi connectivity index (χ2v) is 11.0. The predicted molar refractivity (Wildman–Crippen MR) is 173 cm³/mol. The van der Waals surface area contributed by atoms with Gasteiger partial charge in [-0.1, -0.05) is 36.4 Å². The lowest BCUT2D eigenvalue weighted by atomic mass is 10.1. The molecule has 0 fully saturated rings. The molecular weight excluding hydrogens is 524 g/mol. The van der Waals surface area contributed by atoms with E-state index in [0.29, 0.717) is 12.8 Å². The van der Waals surface area contributed by atoms with Crippen LogP contribution in [-0.4, -0.2) is 61.1 Å². The number of hydrogen-bond acceptors (Lipinski definition) is 4. The highest BCUT2D eigenvalue weighted by molar-refractivity contribution is 5.84. The number of amides is 2. The number of aryl methyl sites for hydroxylation is 2. The van der Waals surface area contributed by atoms with Crippen LogP contribution >= 0.6 is 0 Å². The molecule has 0 spiro atoms. The summed E-state index contributed by atoms with van der Waals surface area (Å²) in [6.45, 7) is 5.28. The Hall–Kier alpha value is -3.62. The van der Waals surface area contributed by atoms with Gasteiger partial charge in [0.1, 0.15) is 0 Å². The molecule has 2 amide bonds. The number of aromatic amines is 2. The van der Waals surface area contributed by atoms with Crippen LogP contribution in [0.15, 0.2) is 60.9 Å². The fraction of sp³-hybridized carbons (Fsp3) is 0.471. The molecule has 0 atom stereocenters. The van der Waals surface area contributed by atoms with Crippen molar-refractivity contribution in [3.63, 3.8) is 0 Å². The third-order valence-corrected chi connectivity index (χ3v) is 7.71. The van der Waals surface area contributed by atoms with Gasteiger partial charge in [-0.15, -0.1) is 0 Å². The number of unbranched alkanes of at least 4 members (excludes halogenated alkanes) is 1. The van der Waals surface area contributed by atoms with E-state index in [1.165, 1.54) is 21.9 Å². The topological polar surface area (TPSA) is 114 Å². The van der Waals surface area contributed by atoms with Gasteiger partial charge < -0.3 is 31.2 Å². The van der Waals surface area contributed by atoms with E-state index in [1.807, 2.05) is 12.1 Å². The molecule has 0 radical (unpaired) electrons. The molecule has 2 heterocycles. The largest absolute Gasteiger partial charge is 0.361 e. The molecule has 42 heavy (non-hydrogen) atoms. The number of benzene rings is 2. The number of para-hydroxylation sites is 2. The van der Waals surface area contributed by atoms with Gasteiger partial charge in [-0.05, 0) is 101 Å². The van der Waals surface area contributed by atoms with Crippen LogP contribution in [0.25, 0.3) is 21.8 Å². The number of H-pyrrole nitrogens is 2. The van der Waals surface area contributed by atoms with Crippen molar-refractivity contribution in [2.24, 2.45) is 0 Å². The van der Waals surface area contributed by atoms with Crippen molar-refractivity contribution < 1.29 is 9.59 Å². The molecule has 8 heteroatoms. The molecule has 0 aliphatic carbocycles. The average molecular weight is 573 g/mol. The second-order valence-electron chi connectivity index (χ2n) is 11.0. The first-order valence-corrected chi connectivity index (χ1v) is 15.8. The van der Waals surface area contributed by atoms with E-state index < -0.39 is 0 Å². The fourth-order valence-corrected chi connectivity index (χ4v) is 5.36. The third kappa shape index (κ3) is 10.7. The predicted octanol–water partition coefficient (Wildman–Crippen LogP) is 4.97. The molecule has 0 aliphatic rings. The molecule has 2 aromatic carbocycles. The summed E-state index contributed by atoms with van der Waals surface area (Å²) >= 11 is 0. The van der Waals surface area contributed by atoms with E-state index in [0.717, 1.165) is 102 Å². The van der Waals surface area contributed by atoms with Crippen molar-refractivity contribution in [2.45, 2.75) is 64.2 Å². The van der Waals surface area contributed by atoms with Crippen LogP contribution in [-0.2, 0) is 22.4 Å². The Morgan fingerprint density at radius 1 is 0.524 bits per heavy atom. The van der Waals surface area contributed by atoms with Gasteiger partial charge in [0.15, 0.2) is 0 Å². The monoisotopic (exact) mass is 572 g/mol. The summed E-state index contributed by atoms with van der Waals surface area (Å²) in [7, 11) is 0. The molecule has 4 rings (SSSR count). The van der Waals surface area contributed by atoms with Gasteiger partial charge in [-0.3, -0.25) is 9.59 Å². The van der Waals surface area contributed by atoms with Crippen molar-refractivity contribution in [3.05, 3.63) is 72.1 Å². The van der Waals surface area contributed by atoms with Crippen molar-refractivity contribution in [3.8, 4) is 0 Å². The molecular formula is C34H48N6O2. The van der Waals surface area contributed by atoms with Crippen LogP contribution in [0, 0.1) is 0 Å². The Kier molecular flexibility index (Phi) is 13.4. The van der Waals surface area contributed by atoms with Crippen LogP contribution in [0.1, 0.15) is 62.5 Å². The molecule has 0 saturated carbocycles. The SMILES string of the molecule is O=C(CCCc1c[nH]c2ccccc12)NCCCNCCCCNCCCNC(=O)CCCc1c[nH]c2ccccc12. The van der Waals surface area contributed by atoms with Crippen LogP contribution in [0.2, 0.25) is 0 Å². The molecule has 4 aromatic rings. The summed E-state index contributed by atoms with van der Waals surface area (Å²) in [6, 6.07) is 16.6. The Morgan fingerprint density at radius 2 is 0.952 bits per heavy atom. The third-order valence-electron chi connectivity index (χ3n) is 7.71. The van der Waals surface area contributed by atoms with Crippen LogP contribution in [0.4, 0.5) is 0 Å². The first-order valence-electron chi connectivity index (χ1n) is 15.8. The minimum atomic E-state index is 0.141. The lowest BCUT2D eigenvalue weighted by Crippen LogP contribution is -2.28. The van der Waals surface area contributed by atoms with Gasteiger partial charge in [0.2, 0.25) is 11.8 Å². The second kappa shape index (κ2) is 18.0. The Balaban J connectivity index is 0.875. The first-order chi connectivity index (χ1) is 20.7. The molecule has 226 valence electrons. The summed E-state index contributed by atoms with van der Waals surface area (Å²) in [5.41, 5.74) is 4.88. The number of carbonyl (C=O) groups is 2. The first kappa shape index (κ1) is 31.3. The zero-order valence-electron chi connectivity index (χ0n) is 24.9. The zero-order valence-corrected chi connectivity index (χ0v) is 24.9. The lowest BCUT2D eigenvalue weighted by Gasteiger charge is -2.08. The van der Waals surface area contributed by atoms with Crippen molar-refractivity contribution in [1.29, 1.82) is 0 Å². The molecule has 6 N–H and O–H groups in total. The quantitative estimate of drug-likeness (QED) is 0.0792. The highest BCUT2D eigenvalue weighted by Gasteiger charge is 2.06. The molecule has 2 aromatic heterocycles. The smallest absolute Gasteiger partial charge is 0.220 e. The fourth-order valence-electron chi connectivity index (χ4n) is 5.36. The van der Waals surface area contributed by atoms with Crippen LogP contribution < -0.4 is 21.3 Å². The number of hydrogen-bond donors (Lipinski definition) is 6. The van der Waals surface area contributed by atoms with Crippen molar-refractivity contribution >= 4 is 33.6 Å². The Morgan fingerprint density at radius 3 is 1.43 bits per heavy atom. The molecule has 0 aliphatic heterocycles. The lowest BCUT2D eigenvalue weighted by molar-refractivity contribution is -0.122. The van der Waals surface area contributed by atoms with Crippen LogP contribution in [0.3, 0.4) is 0 Å². The number of aromatic nitrogens is 2. The average Bonchev–Trinajstić information content (AvgIpc) is 3.61. The molecule has 8 nitrogen and oxygen atoms in total. The van der Waals surface area contributed by atoms with E-state index in [9.17, 15) is 9.59 Å². The van der Waals surface area contributed by atoms with Gasteiger partial charge in [0.25, 0.3) is 0 Å². The van der Waals surface area contributed by atoms with Crippen molar-refractivity contribution in [2.75, 3.05) is 39.3 Å².